The van der Waals surface area contributed by atoms with E-state index in [2.05, 4.69) is 10.9 Å². The number of carboxylic acids is 1. The fourth-order valence-corrected chi connectivity index (χ4v) is 0.186. The van der Waals surface area contributed by atoms with Crippen LogP contribution in [0.1, 0.15) is 0 Å². The molecule has 0 unspecified atom stereocenters. The van der Waals surface area contributed by atoms with Gasteiger partial charge >= 0.3 is 35.5 Å². The topological polar surface area (TPSA) is 98.7 Å². The summed E-state index contributed by atoms with van der Waals surface area (Å²) in [5, 5.41) is 20.7. The minimum absolute atomic E-state index is 0. The number of rotatable bonds is 2. The zero-order chi connectivity index (χ0) is 7.28. The van der Waals surface area contributed by atoms with Crippen molar-refractivity contribution < 1.29 is 44.6 Å². The molecule has 0 atom stereocenters. The van der Waals surface area contributed by atoms with Gasteiger partial charge in [-0.15, -0.1) is 0 Å². The van der Waals surface area contributed by atoms with Crippen LogP contribution in [-0.2, 0) is 4.79 Å². The standard InChI is InChI=1S/C4H6N2O3.Na/c5-6-3(7)1-2-4(8)9;/h1-2H,5H2,(H,6,7)(H,8,9);/q;+1/p-1/b2-1-;. The Morgan fingerprint density at radius 3 is 2.40 bits per heavy atom. The molecule has 0 spiro atoms. The second-order valence-electron chi connectivity index (χ2n) is 1.14. The quantitative estimate of drug-likeness (QED) is 0.104. The van der Waals surface area contributed by atoms with Crippen molar-refractivity contribution in [3.63, 3.8) is 0 Å². The first-order valence-electron chi connectivity index (χ1n) is 2.02. The van der Waals surface area contributed by atoms with Gasteiger partial charge in [-0.25, -0.2) is 4.79 Å². The van der Waals surface area contributed by atoms with Crippen molar-refractivity contribution in [1.82, 2.24) is 0 Å². The van der Waals surface area contributed by atoms with Crippen LogP contribution in [0.15, 0.2) is 17.3 Å². The van der Waals surface area contributed by atoms with Crippen molar-refractivity contribution in [2.75, 3.05) is 0 Å². The largest absolute Gasteiger partial charge is 1.00 e. The van der Waals surface area contributed by atoms with E-state index in [1.165, 1.54) is 0 Å². The third-order valence-electron chi connectivity index (χ3n) is 0.496. The molecular formula is C4H5N2NaO3. The Kier molecular flexibility index (Phi) is 8.04. The van der Waals surface area contributed by atoms with Gasteiger partial charge in [0.05, 0.1) is 0 Å². The maximum absolute atomic E-state index is 10.1. The van der Waals surface area contributed by atoms with Crippen LogP contribution in [0.2, 0.25) is 0 Å². The first-order valence-corrected chi connectivity index (χ1v) is 2.02. The minimum Gasteiger partial charge on any atom is -0.857 e. The zero-order valence-electron chi connectivity index (χ0n) is 5.44. The van der Waals surface area contributed by atoms with E-state index >= 15 is 0 Å². The zero-order valence-corrected chi connectivity index (χ0v) is 7.44. The molecule has 0 aliphatic carbocycles. The summed E-state index contributed by atoms with van der Waals surface area (Å²) in [5.74, 6) is 2.52. The normalized spacial score (nSPS) is 11.0. The van der Waals surface area contributed by atoms with Crippen LogP contribution >= 0.6 is 0 Å². The number of carbonyl (C=O) groups is 1. The summed E-state index contributed by atoms with van der Waals surface area (Å²) in [6.07, 6.45) is 1.43. The van der Waals surface area contributed by atoms with Gasteiger partial charge in [-0.2, -0.15) is 5.10 Å². The molecule has 6 heteroatoms. The van der Waals surface area contributed by atoms with E-state index in [9.17, 15) is 9.90 Å². The van der Waals surface area contributed by atoms with Gasteiger partial charge in [-0.05, 0) is 6.08 Å². The van der Waals surface area contributed by atoms with Crippen LogP contribution in [-0.4, -0.2) is 17.0 Å². The predicted molar refractivity (Wildman–Crippen MR) is 28.4 cm³/mol. The van der Waals surface area contributed by atoms with Gasteiger partial charge in [0.15, 0.2) is 0 Å². The number of hydrogen-bond acceptors (Lipinski definition) is 4. The summed E-state index contributed by atoms with van der Waals surface area (Å²) in [6, 6.07) is 0. The average Bonchev–Trinajstić information content (AvgIpc) is 1.83. The summed E-state index contributed by atoms with van der Waals surface area (Å²) in [5.41, 5.74) is 0. The molecule has 5 nitrogen and oxygen atoms in total. The second kappa shape index (κ2) is 6.60. The number of hydrazone groups is 1. The molecule has 3 N–H and O–H groups in total. The van der Waals surface area contributed by atoms with Crippen LogP contribution in [0.25, 0.3) is 0 Å². The second-order valence-corrected chi connectivity index (χ2v) is 1.14. The van der Waals surface area contributed by atoms with Crippen LogP contribution in [0.4, 0.5) is 0 Å². The Balaban J connectivity index is 0. The molecule has 0 aliphatic rings. The van der Waals surface area contributed by atoms with Crippen molar-refractivity contribution in [3.8, 4) is 0 Å². The molecular weight excluding hydrogens is 147 g/mol. The molecule has 10 heavy (non-hydrogen) atoms. The molecule has 0 aromatic heterocycles. The molecule has 0 heterocycles. The van der Waals surface area contributed by atoms with Crippen molar-refractivity contribution in [3.05, 3.63) is 12.2 Å². The van der Waals surface area contributed by atoms with Crippen molar-refractivity contribution in [2.24, 2.45) is 10.9 Å². The van der Waals surface area contributed by atoms with Gasteiger partial charge in [-0.1, -0.05) is 0 Å². The first kappa shape index (κ1) is 12.2. The third kappa shape index (κ3) is 7.48. The van der Waals surface area contributed by atoms with Gasteiger partial charge in [0.25, 0.3) is 0 Å². The Hall–Kier alpha value is -0.520. The molecule has 0 fully saturated rings. The van der Waals surface area contributed by atoms with Crippen LogP contribution in [0.5, 0.6) is 0 Å². The minimum atomic E-state index is -1.20. The van der Waals surface area contributed by atoms with Crippen molar-refractivity contribution >= 4 is 11.9 Å². The van der Waals surface area contributed by atoms with Gasteiger partial charge in [0.1, 0.15) is 0 Å². The molecule has 0 aromatic carbocycles. The van der Waals surface area contributed by atoms with E-state index in [1.807, 2.05) is 0 Å². The van der Waals surface area contributed by atoms with Gasteiger partial charge in [-0.3, -0.25) is 0 Å². The Labute approximate surface area is 79.5 Å². The molecule has 0 bridgehead atoms. The molecule has 0 aliphatic heterocycles. The molecule has 50 valence electrons. The summed E-state index contributed by atoms with van der Waals surface area (Å²) < 4.78 is 0. The first-order chi connectivity index (χ1) is 4.16. The van der Waals surface area contributed by atoms with E-state index in [0.29, 0.717) is 6.08 Å². The monoisotopic (exact) mass is 152 g/mol. The van der Waals surface area contributed by atoms with E-state index < -0.39 is 11.9 Å². The Bertz CT molecular complexity index is 166. The van der Waals surface area contributed by atoms with Crippen LogP contribution in [0.3, 0.4) is 0 Å². The fraction of sp³-hybridized carbons (Fsp3) is 0. The predicted octanol–water partition coefficient (Wildman–Crippen LogP) is -4.74. The molecule has 0 saturated heterocycles. The van der Waals surface area contributed by atoms with Crippen LogP contribution in [0, 0.1) is 0 Å². The number of aliphatic carboxylic acids is 1. The van der Waals surface area contributed by atoms with Gasteiger partial charge in [0, 0.05) is 12.0 Å². The molecule has 0 rings (SSSR count). The molecule has 0 saturated carbocycles. The number of carboxylic acid groups (broad SMARTS) is 1. The maximum Gasteiger partial charge on any atom is 1.00 e. The van der Waals surface area contributed by atoms with Gasteiger partial charge < -0.3 is 16.1 Å². The van der Waals surface area contributed by atoms with E-state index in [-0.39, 0.29) is 29.6 Å². The Morgan fingerprint density at radius 2 is 2.10 bits per heavy atom. The Morgan fingerprint density at radius 1 is 1.60 bits per heavy atom. The maximum atomic E-state index is 10.1. The summed E-state index contributed by atoms with van der Waals surface area (Å²) >= 11 is 0. The van der Waals surface area contributed by atoms with Crippen molar-refractivity contribution in [1.29, 1.82) is 0 Å². The fourth-order valence-electron chi connectivity index (χ4n) is 0.186. The van der Waals surface area contributed by atoms with Crippen LogP contribution < -0.4 is 40.5 Å². The average molecular weight is 152 g/mol. The van der Waals surface area contributed by atoms with Gasteiger partial charge in [0.2, 0.25) is 0 Å². The summed E-state index contributed by atoms with van der Waals surface area (Å²) in [6.45, 7) is 0. The summed E-state index contributed by atoms with van der Waals surface area (Å²) in [7, 11) is 0. The number of nitrogens with two attached hydrogens (primary N) is 1. The molecule has 0 aromatic rings. The molecule has 0 amide bonds. The van der Waals surface area contributed by atoms with Crippen molar-refractivity contribution in [2.45, 2.75) is 0 Å². The van der Waals surface area contributed by atoms with E-state index in [4.69, 9.17) is 5.11 Å². The van der Waals surface area contributed by atoms with E-state index in [0.717, 1.165) is 6.08 Å². The smallest absolute Gasteiger partial charge is 0.857 e. The number of hydrogen-bond donors (Lipinski definition) is 2. The molecule has 0 radical (unpaired) electrons. The van der Waals surface area contributed by atoms with E-state index in [1.54, 1.807) is 0 Å². The third-order valence-corrected chi connectivity index (χ3v) is 0.496. The SMILES string of the molecule is NN=C([O-])/C=C\C(=O)O.[Na+]. The summed E-state index contributed by atoms with van der Waals surface area (Å²) in [4.78, 5) is 9.70. The number of nitrogens with zero attached hydrogens (tertiary/aromatic N) is 1.